The largest absolute Gasteiger partial charge is 0.461 e. The summed E-state index contributed by atoms with van der Waals surface area (Å²) in [4.78, 5) is 50.3. The lowest BCUT2D eigenvalue weighted by Crippen LogP contribution is -2.53. The first kappa shape index (κ1) is 28.8. The lowest BCUT2D eigenvalue weighted by Gasteiger charge is -2.25. The van der Waals surface area contributed by atoms with Gasteiger partial charge in [-0.3, -0.25) is 14.4 Å². The SMILES string of the molecule is CC(C)(C)OC(=O)N[C@@H](CCC(=O)OCc1ccccc1)C(=O)N[C@@H](Cc1ccccc1)C(=O)CCl. The molecule has 2 aromatic rings. The highest BCUT2D eigenvalue weighted by Gasteiger charge is 2.29. The molecule has 0 heterocycles. The summed E-state index contributed by atoms with van der Waals surface area (Å²) in [5.41, 5.74) is 0.877. The van der Waals surface area contributed by atoms with Crippen LogP contribution in [0.1, 0.15) is 44.7 Å². The fourth-order valence-corrected chi connectivity index (χ4v) is 3.44. The van der Waals surface area contributed by atoms with Gasteiger partial charge in [0.05, 0.1) is 11.9 Å². The summed E-state index contributed by atoms with van der Waals surface area (Å²) in [6.45, 7) is 5.17. The highest BCUT2D eigenvalue weighted by atomic mass is 35.5. The first-order valence-corrected chi connectivity index (χ1v) is 12.2. The maximum absolute atomic E-state index is 13.1. The normalized spacial score (nSPS) is 12.7. The van der Waals surface area contributed by atoms with E-state index in [0.29, 0.717) is 0 Å². The summed E-state index contributed by atoms with van der Waals surface area (Å²) in [5, 5.41) is 5.17. The van der Waals surface area contributed by atoms with Crippen molar-refractivity contribution in [1.82, 2.24) is 10.6 Å². The number of carbonyl (C=O) groups is 4. The molecule has 9 heteroatoms. The number of hydrogen-bond acceptors (Lipinski definition) is 6. The van der Waals surface area contributed by atoms with Gasteiger partial charge < -0.3 is 20.1 Å². The summed E-state index contributed by atoms with van der Waals surface area (Å²) in [5.74, 6) is -1.81. The van der Waals surface area contributed by atoms with E-state index >= 15 is 0 Å². The Morgan fingerprint density at radius 2 is 1.44 bits per heavy atom. The summed E-state index contributed by atoms with van der Waals surface area (Å²) in [7, 11) is 0. The highest BCUT2D eigenvalue weighted by Crippen LogP contribution is 2.11. The number of amides is 2. The molecule has 0 aliphatic rings. The van der Waals surface area contributed by atoms with E-state index in [-0.39, 0.29) is 37.5 Å². The average molecular weight is 517 g/mol. The summed E-state index contributed by atoms with van der Waals surface area (Å²) < 4.78 is 10.5. The van der Waals surface area contributed by atoms with Crippen LogP contribution in [0.15, 0.2) is 60.7 Å². The third-order valence-corrected chi connectivity index (χ3v) is 5.27. The van der Waals surface area contributed by atoms with E-state index in [1.807, 2.05) is 60.7 Å². The molecule has 0 aliphatic carbocycles. The van der Waals surface area contributed by atoms with Crippen molar-refractivity contribution in [1.29, 1.82) is 0 Å². The Bertz CT molecular complexity index is 1010. The third-order valence-electron chi connectivity index (χ3n) is 5.01. The van der Waals surface area contributed by atoms with Gasteiger partial charge in [0, 0.05) is 6.42 Å². The Hall–Kier alpha value is -3.39. The van der Waals surface area contributed by atoms with Crippen molar-refractivity contribution in [2.24, 2.45) is 0 Å². The van der Waals surface area contributed by atoms with Gasteiger partial charge in [0.15, 0.2) is 5.78 Å². The van der Waals surface area contributed by atoms with Crippen LogP contribution in [-0.4, -0.2) is 47.3 Å². The van der Waals surface area contributed by atoms with Crippen molar-refractivity contribution in [2.75, 3.05) is 5.88 Å². The van der Waals surface area contributed by atoms with E-state index in [0.717, 1.165) is 11.1 Å². The van der Waals surface area contributed by atoms with Crippen molar-refractivity contribution in [3.8, 4) is 0 Å². The Balaban J connectivity index is 2.06. The zero-order valence-corrected chi connectivity index (χ0v) is 21.5. The second kappa shape index (κ2) is 14.2. The number of ether oxygens (including phenoxy) is 2. The van der Waals surface area contributed by atoms with Crippen LogP contribution in [0.5, 0.6) is 0 Å². The number of carbonyl (C=O) groups excluding carboxylic acids is 4. The molecule has 2 atom stereocenters. The minimum absolute atomic E-state index is 0.0498. The molecule has 0 bridgehead atoms. The van der Waals surface area contributed by atoms with Gasteiger partial charge in [0.2, 0.25) is 5.91 Å². The van der Waals surface area contributed by atoms with Gasteiger partial charge >= 0.3 is 12.1 Å². The van der Waals surface area contributed by atoms with Crippen LogP contribution in [-0.2, 0) is 36.9 Å². The van der Waals surface area contributed by atoms with Crippen LogP contribution < -0.4 is 10.6 Å². The Labute approximate surface area is 216 Å². The summed E-state index contributed by atoms with van der Waals surface area (Å²) in [6, 6.07) is 16.3. The minimum atomic E-state index is -1.13. The molecule has 36 heavy (non-hydrogen) atoms. The molecule has 0 aliphatic heterocycles. The van der Waals surface area contributed by atoms with Gasteiger partial charge in [-0.25, -0.2) is 4.79 Å². The molecule has 0 radical (unpaired) electrons. The average Bonchev–Trinajstić information content (AvgIpc) is 2.84. The van der Waals surface area contributed by atoms with Crippen LogP contribution >= 0.6 is 11.6 Å². The van der Waals surface area contributed by atoms with Gasteiger partial charge in [0.25, 0.3) is 0 Å². The van der Waals surface area contributed by atoms with Crippen molar-refractivity contribution in [3.63, 3.8) is 0 Å². The monoisotopic (exact) mass is 516 g/mol. The van der Waals surface area contributed by atoms with Crippen molar-refractivity contribution < 1.29 is 28.7 Å². The minimum Gasteiger partial charge on any atom is -0.461 e. The quantitative estimate of drug-likeness (QED) is 0.326. The number of esters is 1. The first-order valence-electron chi connectivity index (χ1n) is 11.7. The molecule has 0 aromatic heterocycles. The van der Waals surface area contributed by atoms with E-state index in [2.05, 4.69) is 10.6 Å². The van der Waals surface area contributed by atoms with E-state index in [1.165, 1.54) is 0 Å². The number of alkyl halides is 1. The number of halogens is 1. The van der Waals surface area contributed by atoms with E-state index < -0.39 is 35.7 Å². The van der Waals surface area contributed by atoms with Crippen molar-refractivity contribution in [3.05, 3.63) is 71.8 Å². The molecule has 8 nitrogen and oxygen atoms in total. The Morgan fingerprint density at radius 1 is 0.861 bits per heavy atom. The van der Waals surface area contributed by atoms with Crippen LogP contribution in [0.2, 0.25) is 0 Å². The van der Waals surface area contributed by atoms with E-state index in [4.69, 9.17) is 21.1 Å². The fourth-order valence-electron chi connectivity index (χ4n) is 3.25. The molecule has 0 saturated carbocycles. The number of ketones is 1. The maximum Gasteiger partial charge on any atom is 0.408 e. The third kappa shape index (κ3) is 10.9. The number of nitrogens with one attached hydrogen (secondary N) is 2. The summed E-state index contributed by atoms with van der Waals surface area (Å²) in [6.07, 6.45) is -0.765. The van der Waals surface area contributed by atoms with E-state index in [1.54, 1.807) is 20.8 Å². The molecule has 2 amide bonds. The molecule has 2 aromatic carbocycles. The Kier molecular flexibility index (Phi) is 11.4. The topological polar surface area (TPSA) is 111 Å². The second-order valence-corrected chi connectivity index (χ2v) is 9.50. The molecule has 0 saturated heterocycles. The number of Topliss-reactive ketones (excluding diaryl/α,β-unsaturated/α-hetero) is 1. The lowest BCUT2D eigenvalue weighted by atomic mass is 10.0. The summed E-state index contributed by atoms with van der Waals surface area (Å²) >= 11 is 5.77. The second-order valence-electron chi connectivity index (χ2n) is 9.23. The maximum atomic E-state index is 13.1. The standard InChI is InChI=1S/C27H33ClN2O6/c1-27(2,3)36-26(34)30-21(14-15-24(32)35-18-20-12-8-5-9-13-20)25(33)29-22(23(31)17-28)16-19-10-6-4-7-11-19/h4-13,21-22H,14-18H2,1-3H3,(H,29,33)(H,30,34)/t21-,22-/m0/s1. The van der Waals surface area contributed by atoms with Crippen LogP contribution in [0.25, 0.3) is 0 Å². The van der Waals surface area contributed by atoms with Crippen LogP contribution in [0.4, 0.5) is 4.79 Å². The Morgan fingerprint density at radius 3 is 2.00 bits per heavy atom. The molecule has 2 N–H and O–H groups in total. The van der Waals surface area contributed by atoms with Crippen LogP contribution in [0, 0.1) is 0 Å². The predicted molar refractivity (Wildman–Crippen MR) is 136 cm³/mol. The zero-order valence-electron chi connectivity index (χ0n) is 20.8. The van der Waals surface area contributed by atoms with Gasteiger partial charge in [-0.2, -0.15) is 0 Å². The molecule has 0 spiro atoms. The van der Waals surface area contributed by atoms with Gasteiger partial charge in [-0.05, 0) is 44.7 Å². The molecular formula is C27H33ClN2O6. The number of benzene rings is 2. The van der Waals surface area contributed by atoms with Crippen molar-refractivity contribution >= 4 is 35.4 Å². The number of hydrogen-bond donors (Lipinski definition) is 2. The van der Waals surface area contributed by atoms with Gasteiger partial charge in [-0.15, -0.1) is 11.6 Å². The molecule has 0 unspecified atom stereocenters. The first-order chi connectivity index (χ1) is 17.1. The number of rotatable bonds is 12. The van der Waals surface area contributed by atoms with Crippen LogP contribution in [0.3, 0.4) is 0 Å². The smallest absolute Gasteiger partial charge is 0.408 e. The lowest BCUT2D eigenvalue weighted by molar-refractivity contribution is -0.145. The molecule has 0 fully saturated rings. The van der Waals surface area contributed by atoms with Crippen molar-refractivity contribution in [2.45, 2.75) is 64.3 Å². The molecular weight excluding hydrogens is 484 g/mol. The zero-order chi connectivity index (χ0) is 26.6. The number of alkyl carbamates (subject to hydrolysis) is 1. The van der Waals surface area contributed by atoms with Gasteiger partial charge in [-0.1, -0.05) is 60.7 Å². The molecule has 194 valence electrons. The predicted octanol–water partition coefficient (Wildman–Crippen LogP) is 3.94. The van der Waals surface area contributed by atoms with Gasteiger partial charge in [0.1, 0.15) is 18.2 Å². The highest BCUT2D eigenvalue weighted by molar-refractivity contribution is 6.28. The molecule has 2 rings (SSSR count). The fraction of sp³-hybridized carbons (Fsp3) is 0.407. The van der Waals surface area contributed by atoms with E-state index in [9.17, 15) is 19.2 Å².